The van der Waals surface area contributed by atoms with Gasteiger partial charge >= 0.3 is 5.97 Å². The van der Waals surface area contributed by atoms with E-state index in [1.807, 2.05) is 0 Å². The number of carboxylic acids is 1. The number of carboxylic acid groups (broad SMARTS) is 1. The summed E-state index contributed by atoms with van der Waals surface area (Å²) in [6.45, 7) is 0. The van der Waals surface area contributed by atoms with Crippen LogP contribution in [0.4, 0.5) is 4.39 Å². The number of aromatic carboxylic acids is 1. The maximum absolute atomic E-state index is 14.7. The van der Waals surface area contributed by atoms with Crippen molar-refractivity contribution in [2.45, 2.75) is 0 Å². The van der Waals surface area contributed by atoms with Gasteiger partial charge in [-0.05, 0) is 30.3 Å². The highest BCUT2D eigenvalue weighted by Gasteiger charge is 2.24. The van der Waals surface area contributed by atoms with Crippen LogP contribution in [0.1, 0.15) is 20.7 Å². The Hall–Kier alpha value is -3.22. The van der Waals surface area contributed by atoms with E-state index in [2.05, 4.69) is 5.10 Å². The van der Waals surface area contributed by atoms with Crippen molar-refractivity contribution in [2.75, 3.05) is 0 Å². The van der Waals surface area contributed by atoms with Crippen molar-refractivity contribution in [1.29, 1.82) is 0 Å². The predicted molar refractivity (Wildman–Crippen MR) is 108 cm³/mol. The van der Waals surface area contributed by atoms with Crippen LogP contribution in [0.25, 0.3) is 22.2 Å². The summed E-state index contributed by atoms with van der Waals surface area (Å²) < 4.78 is 15.6. The molecular formula is C21H11Cl2FN2O3. The second-order valence-corrected chi connectivity index (χ2v) is 7.00. The number of carbonyl (C=O) groups excluding carboxylic acids is 1. The number of para-hydroxylation sites is 1. The van der Waals surface area contributed by atoms with Gasteiger partial charge in [-0.15, -0.1) is 0 Å². The monoisotopic (exact) mass is 428 g/mol. The quantitative estimate of drug-likeness (QED) is 0.465. The van der Waals surface area contributed by atoms with Crippen LogP contribution in [0.3, 0.4) is 0 Å². The maximum Gasteiger partial charge on any atom is 0.335 e. The van der Waals surface area contributed by atoms with Gasteiger partial charge in [0.25, 0.3) is 5.91 Å². The molecule has 8 heteroatoms. The Morgan fingerprint density at radius 1 is 0.931 bits per heavy atom. The fourth-order valence-corrected chi connectivity index (χ4v) is 3.62. The number of aromatic nitrogens is 2. The molecule has 0 unspecified atom stereocenters. The van der Waals surface area contributed by atoms with Crippen molar-refractivity contribution in [2.24, 2.45) is 0 Å². The van der Waals surface area contributed by atoms with E-state index in [0.717, 1.165) is 4.68 Å². The molecule has 5 nitrogen and oxygen atoms in total. The molecule has 1 aromatic heterocycles. The van der Waals surface area contributed by atoms with Gasteiger partial charge in [0.2, 0.25) is 0 Å². The highest BCUT2D eigenvalue weighted by molar-refractivity contribution is 6.40. The maximum atomic E-state index is 14.7. The van der Waals surface area contributed by atoms with Gasteiger partial charge in [0, 0.05) is 10.9 Å². The van der Waals surface area contributed by atoms with Gasteiger partial charge in [-0.2, -0.15) is 9.78 Å². The van der Waals surface area contributed by atoms with Crippen LogP contribution in [-0.2, 0) is 0 Å². The Labute approximate surface area is 173 Å². The minimum Gasteiger partial charge on any atom is -0.478 e. The summed E-state index contributed by atoms with van der Waals surface area (Å²) in [5.74, 6) is -2.38. The molecule has 0 fully saturated rings. The Balaban J connectivity index is 1.95. The Bertz CT molecular complexity index is 1260. The van der Waals surface area contributed by atoms with Crippen molar-refractivity contribution in [3.63, 3.8) is 0 Å². The van der Waals surface area contributed by atoms with Crippen LogP contribution < -0.4 is 0 Å². The molecule has 0 radical (unpaired) electrons. The molecule has 1 heterocycles. The third-order valence-electron chi connectivity index (χ3n) is 4.43. The summed E-state index contributed by atoms with van der Waals surface area (Å²) in [6, 6.07) is 14.9. The van der Waals surface area contributed by atoms with Crippen LogP contribution in [0.2, 0.25) is 10.0 Å². The number of nitrogens with zero attached hydrogens (tertiary/aromatic N) is 2. The molecular weight excluding hydrogens is 418 g/mol. The van der Waals surface area contributed by atoms with Crippen LogP contribution in [0.15, 0.2) is 60.7 Å². The van der Waals surface area contributed by atoms with Crippen molar-refractivity contribution < 1.29 is 19.1 Å². The molecule has 1 N–H and O–H groups in total. The van der Waals surface area contributed by atoms with Crippen LogP contribution >= 0.6 is 23.2 Å². The first-order chi connectivity index (χ1) is 13.9. The first-order valence-electron chi connectivity index (χ1n) is 8.38. The zero-order valence-electron chi connectivity index (χ0n) is 14.6. The Morgan fingerprint density at radius 2 is 1.55 bits per heavy atom. The number of hydrogen-bond acceptors (Lipinski definition) is 3. The van der Waals surface area contributed by atoms with Gasteiger partial charge < -0.3 is 5.11 Å². The summed E-state index contributed by atoms with van der Waals surface area (Å²) in [4.78, 5) is 24.2. The van der Waals surface area contributed by atoms with E-state index < -0.39 is 17.7 Å². The van der Waals surface area contributed by atoms with Gasteiger partial charge in [0.05, 0.1) is 21.2 Å². The molecule has 0 aliphatic heterocycles. The first kappa shape index (κ1) is 19.1. The average molecular weight is 429 g/mol. The lowest BCUT2D eigenvalue weighted by molar-refractivity contribution is 0.0696. The van der Waals surface area contributed by atoms with E-state index in [1.54, 1.807) is 24.3 Å². The number of benzene rings is 3. The summed E-state index contributed by atoms with van der Waals surface area (Å²) >= 11 is 12.3. The second-order valence-electron chi connectivity index (χ2n) is 6.18. The Kier molecular flexibility index (Phi) is 4.82. The molecule has 0 saturated heterocycles. The molecule has 0 saturated carbocycles. The standard InChI is InChI=1S/C21H11Cl2FN2O3/c22-14-4-2-5-15(23)17(14)20(27)26-19-13(3-1-6-16(19)24)18(25-26)11-7-9-12(10-8-11)21(28)29/h1-10H,(H,28,29). The van der Waals surface area contributed by atoms with E-state index in [0.29, 0.717) is 16.6 Å². The van der Waals surface area contributed by atoms with Gasteiger partial charge in [-0.3, -0.25) is 4.79 Å². The van der Waals surface area contributed by atoms with Crippen molar-refractivity contribution in [3.8, 4) is 11.3 Å². The van der Waals surface area contributed by atoms with Crippen LogP contribution in [-0.4, -0.2) is 26.8 Å². The number of hydrogen-bond donors (Lipinski definition) is 1. The van der Waals surface area contributed by atoms with Crippen LogP contribution in [0.5, 0.6) is 0 Å². The Morgan fingerprint density at radius 3 is 2.17 bits per heavy atom. The minimum atomic E-state index is -1.07. The van der Waals surface area contributed by atoms with E-state index in [9.17, 15) is 14.0 Å². The molecule has 0 spiro atoms. The lowest BCUT2D eigenvalue weighted by atomic mass is 10.1. The topological polar surface area (TPSA) is 72.2 Å². The van der Waals surface area contributed by atoms with E-state index in [4.69, 9.17) is 28.3 Å². The second kappa shape index (κ2) is 7.31. The summed E-state index contributed by atoms with van der Waals surface area (Å²) in [7, 11) is 0. The normalized spacial score (nSPS) is 11.0. The molecule has 0 amide bonds. The van der Waals surface area contributed by atoms with E-state index >= 15 is 0 Å². The molecule has 0 aliphatic carbocycles. The molecule has 0 atom stereocenters. The zero-order valence-corrected chi connectivity index (χ0v) is 16.1. The molecule has 3 aromatic carbocycles. The first-order valence-corrected chi connectivity index (χ1v) is 9.13. The average Bonchev–Trinajstić information content (AvgIpc) is 3.09. The van der Waals surface area contributed by atoms with Crippen LogP contribution in [0, 0.1) is 5.82 Å². The SMILES string of the molecule is O=C(O)c1ccc(-c2nn(C(=O)c3c(Cl)cccc3Cl)c3c(F)cccc23)cc1. The van der Waals surface area contributed by atoms with E-state index in [-0.39, 0.29) is 26.7 Å². The third kappa shape index (κ3) is 3.26. The number of carbonyl (C=O) groups is 2. The fraction of sp³-hybridized carbons (Fsp3) is 0. The number of halogens is 3. The highest BCUT2D eigenvalue weighted by atomic mass is 35.5. The van der Waals surface area contributed by atoms with Gasteiger partial charge in [0.15, 0.2) is 0 Å². The molecule has 144 valence electrons. The number of rotatable bonds is 3. The summed E-state index contributed by atoms with van der Waals surface area (Å²) in [6.07, 6.45) is 0. The molecule has 4 aromatic rings. The highest BCUT2D eigenvalue weighted by Crippen LogP contribution is 2.32. The molecule has 0 aliphatic rings. The lowest BCUT2D eigenvalue weighted by Gasteiger charge is -2.07. The number of fused-ring (bicyclic) bond motifs is 1. The fourth-order valence-electron chi connectivity index (χ4n) is 3.06. The van der Waals surface area contributed by atoms with Crippen molar-refractivity contribution >= 4 is 46.0 Å². The summed E-state index contributed by atoms with van der Waals surface area (Å²) in [5.41, 5.74) is 0.944. The lowest BCUT2D eigenvalue weighted by Crippen LogP contribution is -2.15. The summed E-state index contributed by atoms with van der Waals surface area (Å²) in [5, 5.41) is 14.0. The molecule has 0 bridgehead atoms. The van der Waals surface area contributed by atoms with Gasteiger partial charge in [-0.1, -0.05) is 53.5 Å². The van der Waals surface area contributed by atoms with E-state index in [1.165, 1.54) is 36.4 Å². The predicted octanol–water partition coefficient (Wildman–Crippen LogP) is 5.54. The largest absolute Gasteiger partial charge is 0.478 e. The molecule has 4 rings (SSSR count). The zero-order chi connectivity index (χ0) is 20.7. The minimum absolute atomic E-state index is 0.0104. The molecule has 29 heavy (non-hydrogen) atoms. The van der Waals surface area contributed by atoms with Crippen molar-refractivity contribution in [1.82, 2.24) is 9.78 Å². The third-order valence-corrected chi connectivity index (χ3v) is 5.06. The van der Waals surface area contributed by atoms with Crippen molar-refractivity contribution in [3.05, 3.63) is 87.7 Å². The van der Waals surface area contributed by atoms with Gasteiger partial charge in [-0.25, -0.2) is 9.18 Å². The van der Waals surface area contributed by atoms with Gasteiger partial charge in [0.1, 0.15) is 17.0 Å². The smallest absolute Gasteiger partial charge is 0.335 e.